The molecular weight excluding hydrogens is 322 g/mol. The highest BCUT2D eigenvalue weighted by molar-refractivity contribution is 8.00. The number of hydrogen-bond acceptors (Lipinski definition) is 3. The van der Waals surface area contributed by atoms with E-state index < -0.39 is 0 Å². The van der Waals surface area contributed by atoms with Crippen LogP contribution in [0.5, 0.6) is 0 Å². The van der Waals surface area contributed by atoms with E-state index in [-0.39, 0.29) is 22.9 Å². The summed E-state index contributed by atoms with van der Waals surface area (Å²) in [6, 6.07) is 8.18. The highest BCUT2D eigenvalue weighted by Gasteiger charge is 2.32. The molecule has 3 amide bonds. The molecule has 6 heteroatoms. The van der Waals surface area contributed by atoms with E-state index in [1.807, 2.05) is 25.7 Å². The van der Waals surface area contributed by atoms with Crippen LogP contribution < -0.4 is 5.32 Å². The van der Waals surface area contributed by atoms with Crippen molar-refractivity contribution < 1.29 is 9.59 Å². The third-order valence-electron chi connectivity index (χ3n) is 3.84. The predicted octanol–water partition coefficient (Wildman–Crippen LogP) is 3.01. The van der Waals surface area contributed by atoms with Crippen molar-refractivity contribution in [2.24, 2.45) is 0 Å². The van der Waals surface area contributed by atoms with Crippen LogP contribution >= 0.6 is 11.8 Å². The minimum absolute atomic E-state index is 0.0391. The van der Waals surface area contributed by atoms with Gasteiger partial charge in [-0.1, -0.05) is 29.8 Å². The molecule has 1 atom stereocenters. The lowest BCUT2D eigenvalue weighted by atomic mass is 10.1. The molecule has 1 saturated heterocycles. The molecule has 1 aliphatic rings. The van der Waals surface area contributed by atoms with Crippen LogP contribution in [0, 0.1) is 6.92 Å². The van der Waals surface area contributed by atoms with E-state index >= 15 is 0 Å². The fourth-order valence-electron chi connectivity index (χ4n) is 2.48. The van der Waals surface area contributed by atoms with Gasteiger partial charge in [-0.3, -0.25) is 4.79 Å². The first-order valence-corrected chi connectivity index (χ1v) is 9.23. The average molecular weight is 350 g/mol. The monoisotopic (exact) mass is 349 g/mol. The van der Waals surface area contributed by atoms with Crippen molar-refractivity contribution >= 4 is 23.7 Å². The number of likely N-dealkylation sites (N-methyl/N-ethyl adjacent to an activating group) is 1. The number of rotatable bonds is 4. The van der Waals surface area contributed by atoms with Gasteiger partial charge in [0.05, 0.1) is 5.75 Å². The Morgan fingerprint density at radius 2 is 1.96 bits per heavy atom. The van der Waals surface area contributed by atoms with Crippen LogP contribution in [0.3, 0.4) is 0 Å². The van der Waals surface area contributed by atoms with Gasteiger partial charge in [-0.2, -0.15) is 0 Å². The Hall–Kier alpha value is -1.69. The van der Waals surface area contributed by atoms with Crippen LogP contribution in [-0.4, -0.2) is 53.2 Å². The highest BCUT2D eigenvalue weighted by Crippen LogP contribution is 2.38. The van der Waals surface area contributed by atoms with Gasteiger partial charge in [-0.05, 0) is 33.3 Å². The SMILES string of the molecule is Cc1ccc([C@H]2SCC(=O)N2CCN(C)C(=O)NC(C)(C)C)cc1. The quantitative estimate of drug-likeness (QED) is 0.909. The van der Waals surface area contributed by atoms with Crippen LogP contribution in [0.4, 0.5) is 4.79 Å². The Bertz CT molecular complexity index is 595. The van der Waals surface area contributed by atoms with Crippen LogP contribution in [-0.2, 0) is 4.79 Å². The van der Waals surface area contributed by atoms with E-state index in [1.54, 1.807) is 23.7 Å². The van der Waals surface area contributed by atoms with Gasteiger partial charge in [0.1, 0.15) is 5.37 Å². The third-order valence-corrected chi connectivity index (χ3v) is 5.09. The lowest BCUT2D eigenvalue weighted by molar-refractivity contribution is -0.128. The lowest BCUT2D eigenvalue weighted by Crippen LogP contribution is -2.49. The number of hydrogen-bond donors (Lipinski definition) is 1. The molecule has 0 aliphatic carbocycles. The molecule has 1 aromatic carbocycles. The molecule has 1 heterocycles. The first-order valence-electron chi connectivity index (χ1n) is 8.18. The van der Waals surface area contributed by atoms with Gasteiger partial charge in [0, 0.05) is 25.7 Å². The van der Waals surface area contributed by atoms with E-state index in [1.165, 1.54) is 5.56 Å². The Labute approximate surface area is 148 Å². The largest absolute Gasteiger partial charge is 0.333 e. The number of nitrogens with one attached hydrogen (secondary N) is 1. The Kier molecular flexibility index (Phi) is 5.80. The van der Waals surface area contributed by atoms with Gasteiger partial charge in [0.2, 0.25) is 5.91 Å². The molecule has 0 saturated carbocycles. The fourth-order valence-corrected chi connectivity index (χ4v) is 3.70. The molecule has 132 valence electrons. The lowest BCUT2D eigenvalue weighted by Gasteiger charge is -2.29. The van der Waals surface area contributed by atoms with E-state index in [9.17, 15) is 9.59 Å². The smallest absolute Gasteiger partial charge is 0.317 e. The van der Waals surface area contributed by atoms with E-state index in [0.29, 0.717) is 18.8 Å². The van der Waals surface area contributed by atoms with Crippen molar-refractivity contribution in [3.8, 4) is 0 Å². The van der Waals surface area contributed by atoms with E-state index in [0.717, 1.165) is 5.56 Å². The molecule has 1 aromatic rings. The van der Waals surface area contributed by atoms with Gasteiger partial charge in [-0.25, -0.2) is 4.79 Å². The number of aryl methyl sites for hydroxylation is 1. The van der Waals surface area contributed by atoms with Crippen LogP contribution in [0.15, 0.2) is 24.3 Å². The molecule has 2 rings (SSSR count). The topological polar surface area (TPSA) is 52.7 Å². The van der Waals surface area contributed by atoms with Gasteiger partial charge >= 0.3 is 6.03 Å². The molecule has 0 radical (unpaired) electrons. The summed E-state index contributed by atoms with van der Waals surface area (Å²) in [7, 11) is 1.76. The summed E-state index contributed by atoms with van der Waals surface area (Å²) in [4.78, 5) is 27.9. The van der Waals surface area contributed by atoms with Crippen molar-refractivity contribution in [2.75, 3.05) is 25.9 Å². The molecule has 1 aliphatic heterocycles. The van der Waals surface area contributed by atoms with Gasteiger partial charge < -0.3 is 15.1 Å². The number of thioether (sulfide) groups is 1. The number of nitrogens with zero attached hydrogens (tertiary/aromatic N) is 2. The van der Waals surface area contributed by atoms with Crippen molar-refractivity contribution in [2.45, 2.75) is 38.6 Å². The molecule has 0 bridgehead atoms. The second-order valence-electron chi connectivity index (χ2n) is 7.26. The minimum atomic E-state index is -0.269. The van der Waals surface area contributed by atoms with Gasteiger partial charge in [0.15, 0.2) is 0 Å². The van der Waals surface area contributed by atoms with Crippen molar-refractivity contribution in [3.63, 3.8) is 0 Å². The second kappa shape index (κ2) is 7.47. The maximum Gasteiger partial charge on any atom is 0.317 e. The van der Waals surface area contributed by atoms with Crippen molar-refractivity contribution in [1.82, 2.24) is 15.1 Å². The third kappa shape index (κ3) is 4.90. The summed E-state index contributed by atoms with van der Waals surface area (Å²) in [5.41, 5.74) is 2.08. The molecule has 5 nitrogen and oxygen atoms in total. The molecular formula is C18H27N3O2S. The van der Waals surface area contributed by atoms with Crippen LogP contribution in [0.1, 0.15) is 37.3 Å². The zero-order chi connectivity index (χ0) is 17.9. The molecule has 1 fully saturated rings. The second-order valence-corrected chi connectivity index (χ2v) is 8.33. The van der Waals surface area contributed by atoms with Crippen molar-refractivity contribution in [1.29, 1.82) is 0 Å². The van der Waals surface area contributed by atoms with Crippen molar-refractivity contribution in [3.05, 3.63) is 35.4 Å². The zero-order valence-electron chi connectivity index (χ0n) is 15.1. The van der Waals surface area contributed by atoms with Crippen LogP contribution in [0.25, 0.3) is 0 Å². The maximum atomic E-state index is 12.2. The summed E-state index contributed by atoms with van der Waals surface area (Å²) >= 11 is 1.64. The summed E-state index contributed by atoms with van der Waals surface area (Å²) in [6.07, 6.45) is 0. The molecule has 0 unspecified atom stereocenters. The average Bonchev–Trinajstić information content (AvgIpc) is 2.85. The Balaban J connectivity index is 1.97. The van der Waals surface area contributed by atoms with E-state index in [2.05, 4.69) is 36.5 Å². The maximum absolute atomic E-state index is 12.2. The normalized spacial score (nSPS) is 18.0. The summed E-state index contributed by atoms with van der Waals surface area (Å²) < 4.78 is 0. The minimum Gasteiger partial charge on any atom is -0.333 e. The molecule has 0 spiro atoms. The zero-order valence-corrected chi connectivity index (χ0v) is 15.9. The Morgan fingerprint density at radius 1 is 1.33 bits per heavy atom. The molecule has 0 aromatic heterocycles. The number of benzene rings is 1. The molecule has 1 N–H and O–H groups in total. The predicted molar refractivity (Wildman–Crippen MR) is 99.0 cm³/mol. The van der Waals surface area contributed by atoms with E-state index in [4.69, 9.17) is 0 Å². The Morgan fingerprint density at radius 3 is 2.54 bits per heavy atom. The summed E-state index contributed by atoms with van der Waals surface area (Å²) in [5.74, 6) is 0.631. The van der Waals surface area contributed by atoms with Gasteiger partial charge in [-0.15, -0.1) is 11.8 Å². The summed E-state index contributed by atoms with van der Waals surface area (Å²) in [5, 5.41) is 2.97. The number of carbonyl (C=O) groups is 2. The van der Waals surface area contributed by atoms with Gasteiger partial charge in [0.25, 0.3) is 0 Å². The number of amides is 3. The number of urea groups is 1. The highest BCUT2D eigenvalue weighted by atomic mass is 32.2. The first kappa shape index (κ1) is 18.6. The fraction of sp³-hybridized carbons (Fsp3) is 0.556. The summed E-state index contributed by atoms with van der Waals surface area (Å²) in [6.45, 7) is 8.96. The first-order chi connectivity index (χ1) is 11.2. The number of carbonyl (C=O) groups excluding carboxylic acids is 2. The molecule has 24 heavy (non-hydrogen) atoms. The van der Waals surface area contributed by atoms with Crippen LogP contribution in [0.2, 0.25) is 0 Å². The standard InChI is InChI=1S/C18H27N3O2S/c1-13-6-8-14(9-7-13)16-21(15(22)12-24-16)11-10-20(5)17(23)19-18(2,3)4/h6-9,16H,10-12H2,1-5H3,(H,19,23)/t16-/m1/s1.